The van der Waals surface area contributed by atoms with Crippen LogP contribution in [0.4, 0.5) is 40.8 Å². The minimum atomic E-state index is -2.64. The molecule has 8 rings (SSSR count). The van der Waals surface area contributed by atoms with Crippen LogP contribution in [0, 0.1) is 11.6 Å². The highest BCUT2D eigenvalue weighted by atomic mass is 32.1. The molecule has 0 saturated carbocycles. The first-order valence-electron chi connectivity index (χ1n) is 40.3. The highest BCUT2D eigenvalue weighted by Gasteiger charge is 2.25. The molecule has 0 aliphatic carbocycles. The fourth-order valence-corrected chi connectivity index (χ4v) is 13.4. The van der Waals surface area contributed by atoms with Crippen LogP contribution in [0.3, 0.4) is 0 Å². The average molecular weight is 1720 g/mol. The molecule has 0 fully saturated rings. The van der Waals surface area contributed by atoms with E-state index in [0.717, 1.165) is 90.2 Å². The number of carboxylic acid groups (broad SMARTS) is 4. The molecule has 656 valence electrons. The maximum Gasteiger partial charge on any atom is 0.328 e. The van der Waals surface area contributed by atoms with Crippen LogP contribution >= 0.6 is 11.3 Å². The lowest BCUT2D eigenvalue weighted by atomic mass is 9.89. The summed E-state index contributed by atoms with van der Waals surface area (Å²) in [4.78, 5) is 44.3. The first-order chi connectivity index (χ1) is 58.1. The van der Waals surface area contributed by atoms with Crippen molar-refractivity contribution < 1.29 is 93.7 Å². The van der Waals surface area contributed by atoms with Crippen molar-refractivity contribution in [1.82, 2.24) is 0 Å². The molecule has 0 radical (unpaired) electrons. The van der Waals surface area contributed by atoms with Gasteiger partial charge in [-0.15, -0.1) is 11.3 Å². The first-order valence-corrected chi connectivity index (χ1v) is 41.1. The minimum Gasteiger partial charge on any atom is -0.493 e. The molecule has 0 saturated heterocycles. The molecular formula is C101H113F8NO12S. The van der Waals surface area contributed by atoms with E-state index in [1.165, 1.54) is 35.4 Å². The molecule has 1 aromatic heterocycles. The van der Waals surface area contributed by atoms with E-state index in [4.69, 9.17) is 39.4 Å². The van der Waals surface area contributed by atoms with Crippen LogP contribution in [0.25, 0.3) is 60.5 Å². The van der Waals surface area contributed by atoms with Crippen molar-refractivity contribution in [3.8, 4) is 66.8 Å². The molecule has 0 bridgehead atoms. The van der Waals surface area contributed by atoms with Crippen LogP contribution < -0.4 is 24.3 Å². The number of aliphatic carboxylic acids is 4. The van der Waals surface area contributed by atoms with Crippen molar-refractivity contribution in [2.45, 2.75) is 173 Å². The van der Waals surface area contributed by atoms with Gasteiger partial charge >= 0.3 is 23.9 Å². The largest absolute Gasteiger partial charge is 0.493 e. The molecule has 0 aliphatic heterocycles. The summed E-state index contributed by atoms with van der Waals surface area (Å²) in [5, 5.41) is 40.8. The van der Waals surface area contributed by atoms with E-state index in [1.807, 2.05) is 129 Å². The maximum absolute atomic E-state index is 14.5. The smallest absolute Gasteiger partial charge is 0.328 e. The van der Waals surface area contributed by atoms with Crippen molar-refractivity contribution in [1.29, 1.82) is 0 Å². The summed E-state index contributed by atoms with van der Waals surface area (Å²) in [6.45, 7) is 33.7. The Morgan fingerprint density at radius 1 is 0.407 bits per heavy atom. The summed E-state index contributed by atoms with van der Waals surface area (Å²) in [5.41, 5.74) is 18.0. The number of para-hydroxylation sites is 1. The lowest BCUT2D eigenvalue weighted by molar-refractivity contribution is -0.132. The number of anilines is 1. The van der Waals surface area contributed by atoms with Gasteiger partial charge in [0, 0.05) is 74.8 Å². The Kier molecular flexibility index (Phi) is 41.6. The zero-order valence-electron chi connectivity index (χ0n) is 72.9. The number of hydrogen-bond acceptors (Lipinski definition) is 10. The second kappa shape index (κ2) is 50.4. The van der Waals surface area contributed by atoms with Gasteiger partial charge in [0.2, 0.25) is 0 Å². The van der Waals surface area contributed by atoms with Gasteiger partial charge in [-0.3, -0.25) is 0 Å². The predicted octanol–water partition coefficient (Wildman–Crippen LogP) is 28.1. The number of halogens is 8. The van der Waals surface area contributed by atoms with Gasteiger partial charge in [0.05, 0.1) is 6.61 Å². The van der Waals surface area contributed by atoms with Gasteiger partial charge in [0.1, 0.15) is 54.5 Å². The molecule has 13 nitrogen and oxygen atoms in total. The number of hydrogen-bond donors (Lipinski definition) is 5. The van der Waals surface area contributed by atoms with E-state index >= 15 is 0 Å². The molecule has 5 N–H and O–H groups in total. The molecule has 7 aromatic carbocycles. The Morgan fingerprint density at radius 3 is 1.21 bits per heavy atom. The van der Waals surface area contributed by atoms with Crippen molar-refractivity contribution in [3.63, 3.8) is 0 Å². The summed E-state index contributed by atoms with van der Waals surface area (Å²) >= 11 is 1.61. The Balaban J connectivity index is 0.000000292. The highest BCUT2D eigenvalue weighted by molar-refractivity contribution is 7.13. The van der Waals surface area contributed by atoms with Crippen LogP contribution in [-0.4, -0.2) is 96.6 Å². The highest BCUT2D eigenvalue weighted by Crippen LogP contribution is 2.46. The van der Waals surface area contributed by atoms with E-state index in [9.17, 15) is 54.3 Å². The molecule has 0 atom stereocenters. The van der Waals surface area contributed by atoms with Gasteiger partial charge in [-0.05, 0) is 252 Å². The summed E-state index contributed by atoms with van der Waals surface area (Å²) < 4.78 is 128. The quantitative estimate of drug-likeness (QED) is 0.0141. The first kappa shape index (κ1) is 102. The Hall–Kier alpha value is -12.0. The van der Waals surface area contributed by atoms with E-state index in [0.29, 0.717) is 97.9 Å². The zero-order chi connectivity index (χ0) is 91.5. The number of carbonyl (C=O) groups is 4. The molecule has 1 heterocycles. The van der Waals surface area contributed by atoms with Gasteiger partial charge in [-0.1, -0.05) is 185 Å². The molecule has 123 heavy (non-hydrogen) atoms. The van der Waals surface area contributed by atoms with Crippen LogP contribution in [-0.2, 0) is 19.2 Å². The van der Waals surface area contributed by atoms with E-state index < -0.39 is 63.0 Å². The lowest BCUT2D eigenvalue weighted by Gasteiger charge is -2.22. The number of ether oxygens (including phenoxy) is 4. The molecule has 0 spiro atoms. The molecule has 22 heteroatoms. The van der Waals surface area contributed by atoms with Crippen LogP contribution in [0.1, 0.15) is 199 Å². The number of thiophene rings is 1. The Labute approximate surface area is 722 Å². The topological polar surface area (TPSA) is 198 Å². The predicted molar refractivity (Wildman–Crippen MR) is 484 cm³/mol. The number of alkyl halides is 6. The lowest BCUT2D eigenvalue weighted by Crippen LogP contribution is -2.11. The van der Waals surface area contributed by atoms with E-state index in [2.05, 4.69) is 51.2 Å². The Bertz CT molecular complexity index is 5230. The number of rotatable bonds is 36. The molecule has 8 aromatic rings. The third kappa shape index (κ3) is 33.4. The summed E-state index contributed by atoms with van der Waals surface area (Å²) in [6, 6.07) is 40.2. The fraction of sp³-hybridized carbons (Fsp3) is 0.307. The normalized spacial score (nSPS) is 12.6. The number of carboxylic acids is 4. The SMILES string of the molecule is C/C(=C/C=C/C(C)=C/C(=O)O)c1cc(-c2cccc(F)c2)cc(C(C)C)c1OCC(F)F.C/C(=C/C=C/C(C)=C/C(=O)O)c1cc(-c2ccccc2F)cc(C(C)C)c1OCC(F)F.C/C(=C/C=C/C(C)=C/C(=O)O)c1cc(-c2cccs2)cc(C(C)C)c1OCC(F)F.CCOc1c(-c2ccccc2NC/C(C)=C/C(=O)O)cc(C(C)C)cc1C(C)C. The minimum absolute atomic E-state index is 0.0287. The van der Waals surface area contributed by atoms with Crippen molar-refractivity contribution in [2.75, 3.05) is 38.3 Å². The van der Waals surface area contributed by atoms with Crippen molar-refractivity contribution in [2.24, 2.45) is 0 Å². The van der Waals surface area contributed by atoms with Crippen molar-refractivity contribution in [3.05, 3.63) is 296 Å². The molecule has 0 aliphatic rings. The molecule has 0 unspecified atom stereocenters. The Morgan fingerprint density at radius 2 is 0.813 bits per heavy atom. The third-order valence-corrected chi connectivity index (χ3v) is 19.7. The van der Waals surface area contributed by atoms with Gasteiger partial charge in [-0.2, -0.15) is 0 Å². The second-order valence-electron chi connectivity index (χ2n) is 30.6. The van der Waals surface area contributed by atoms with Crippen LogP contribution in [0.15, 0.2) is 240 Å². The van der Waals surface area contributed by atoms with Gasteiger partial charge in [-0.25, -0.2) is 54.3 Å². The standard InChI is InChI=1S/2C26H27F3O3.C25H33NO3.C24H26F2O3S/c1-16(2)22-13-20(19-9-6-10-21(27)12-19)14-23(26(22)32-15-24(28)29)18(4)8-5-7-17(3)11-25(30)31;1-16(2)21-13-19(20-10-5-6-11-23(20)27)14-22(26(21)32-15-24(28)29)18(4)9-7-8-17(3)12-25(30)31;1-7-29-25-21(17(4)5)13-19(16(2)3)14-22(25)20-10-8-9-11-23(20)26-15-18(6)12-24(27)28;1-15(2)19-12-18(21-9-6-10-30-21)13-20(24(19)29-14-22(25)26)17(4)8-5-7-16(3)11-23(27)28/h2*5-14,16,24H,15H2,1-4H3,(H,30,31);8-14,16-17,26H,7,15H2,1-6H3,(H,27,28);5-13,15,22H,14H2,1-4H3,(H,27,28)/b7-5+,17-11+,18-8-;8-7+,17-12+,18-9-;18-12+;7-5+,16-11+,17-8-. The summed E-state index contributed by atoms with van der Waals surface area (Å²) in [6.07, 6.45) is 12.0. The average Bonchev–Trinajstić information content (AvgIpc) is 0.958. The number of nitrogens with one attached hydrogen (secondary N) is 1. The van der Waals surface area contributed by atoms with Crippen LogP contribution in [0.2, 0.25) is 0 Å². The fourth-order valence-electron chi connectivity index (χ4n) is 12.7. The van der Waals surface area contributed by atoms with Gasteiger partial charge < -0.3 is 44.7 Å². The van der Waals surface area contributed by atoms with Gasteiger partial charge in [0.15, 0.2) is 0 Å². The summed E-state index contributed by atoms with van der Waals surface area (Å²) in [7, 11) is 0. The van der Waals surface area contributed by atoms with Crippen molar-refractivity contribution >= 4 is 57.6 Å². The second-order valence-corrected chi connectivity index (χ2v) is 31.6. The van der Waals surface area contributed by atoms with E-state index in [-0.39, 0.29) is 29.4 Å². The molecule has 0 amide bonds. The molecular weight excluding hydrogens is 1600 g/mol. The zero-order valence-corrected chi connectivity index (χ0v) is 73.7. The van der Waals surface area contributed by atoms with Crippen LogP contribution in [0.5, 0.6) is 23.0 Å². The number of allylic oxidation sites excluding steroid dienone is 15. The number of benzene rings is 7. The third-order valence-electron chi connectivity index (χ3n) is 18.7. The monoisotopic (exact) mass is 1720 g/mol. The summed E-state index contributed by atoms with van der Waals surface area (Å²) in [5.74, 6) is -1.95. The van der Waals surface area contributed by atoms with Gasteiger partial charge in [0.25, 0.3) is 19.3 Å². The maximum atomic E-state index is 14.5. The van der Waals surface area contributed by atoms with E-state index in [1.54, 1.807) is 136 Å².